The molecule has 0 aliphatic heterocycles. The predicted octanol–water partition coefficient (Wildman–Crippen LogP) is 3.43. The van der Waals surface area contributed by atoms with Crippen LogP contribution >= 0.6 is 0 Å². The van der Waals surface area contributed by atoms with Gasteiger partial charge in [0.15, 0.2) is 0 Å². The number of amides is 1. The molecule has 25 heavy (non-hydrogen) atoms. The number of nitrogens with one attached hydrogen (secondary N) is 1. The first-order chi connectivity index (χ1) is 11.8. The summed E-state index contributed by atoms with van der Waals surface area (Å²) in [5.41, 5.74) is -0.472. The summed E-state index contributed by atoms with van der Waals surface area (Å²) in [5, 5.41) is 24.5. The maximum atomic E-state index is 11.9. The number of nitrogens with zero attached hydrogens (tertiary/aromatic N) is 2. The van der Waals surface area contributed by atoms with Crippen LogP contribution in [-0.2, 0) is 0 Å². The lowest BCUT2D eigenvalue weighted by molar-refractivity contribution is -0.394. The fraction of sp³-hybridized carbons (Fsp3) is 0.188. The molecule has 0 fully saturated rings. The van der Waals surface area contributed by atoms with Crippen LogP contribution in [0.15, 0.2) is 42.5 Å². The Morgan fingerprint density at radius 3 is 1.92 bits per heavy atom. The number of hydrogen-bond donors (Lipinski definition) is 1. The van der Waals surface area contributed by atoms with Gasteiger partial charge in [-0.2, -0.15) is 0 Å². The second-order valence-corrected chi connectivity index (χ2v) is 5.45. The molecule has 0 bridgehead atoms. The summed E-state index contributed by atoms with van der Waals surface area (Å²) in [6.07, 6.45) is 0. The van der Waals surface area contributed by atoms with E-state index in [1.54, 1.807) is 0 Å². The van der Waals surface area contributed by atoms with Crippen LogP contribution in [-0.4, -0.2) is 21.8 Å². The lowest BCUT2D eigenvalue weighted by atomic mass is 10.2. The molecule has 2 rings (SSSR count). The Morgan fingerprint density at radius 2 is 1.48 bits per heavy atom. The normalized spacial score (nSPS) is 10.4. The third-order valence-corrected chi connectivity index (χ3v) is 3.07. The summed E-state index contributed by atoms with van der Waals surface area (Å²) in [6, 6.07) is 9.08. The maximum Gasteiger partial charge on any atom is 0.280 e. The van der Waals surface area contributed by atoms with Crippen molar-refractivity contribution in [2.45, 2.75) is 19.9 Å². The van der Waals surface area contributed by atoms with E-state index in [1.165, 1.54) is 24.3 Å². The zero-order valence-corrected chi connectivity index (χ0v) is 13.5. The highest BCUT2D eigenvalue weighted by atomic mass is 16.6. The minimum atomic E-state index is -0.737. The van der Waals surface area contributed by atoms with Crippen molar-refractivity contribution < 1.29 is 19.4 Å². The van der Waals surface area contributed by atoms with Crippen molar-refractivity contribution in [2.75, 3.05) is 0 Å². The molecule has 9 nitrogen and oxygen atoms in total. The van der Waals surface area contributed by atoms with E-state index in [0.717, 1.165) is 18.2 Å². The van der Waals surface area contributed by atoms with Crippen LogP contribution in [0.1, 0.15) is 24.2 Å². The van der Waals surface area contributed by atoms with Gasteiger partial charge in [-0.15, -0.1) is 0 Å². The summed E-state index contributed by atoms with van der Waals surface area (Å²) in [5.74, 6) is 0.00344. The summed E-state index contributed by atoms with van der Waals surface area (Å²) in [6.45, 7) is 3.68. The Kier molecular flexibility index (Phi) is 5.28. The van der Waals surface area contributed by atoms with Crippen LogP contribution in [0, 0.1) is 20.2 Å². The Labute approximate surface area is 142 Å². The van der Waals surface area contributed by atoms with Crippen LogP contribution in [0.2, 0.25) is 0 Å². The van der Waals surface area contributed by atoms with E-state index >= 15 is 0 Å². The molecular weight excluding hydrogens is 330 g/mol. The molecule has 0 atom stereocenters. The first-order valence-electron chi connectivity index (χ1n) is 7.29. The van der Waals surface area contributed by atoms with Crippen molar-refractivity contribution in [3.8, 4) is 11.5 Å². The lowest BCUT2D eigenvalue weighted by Gasteiger charge is -2.09. The standard InChI is InChI=1S/C16H15N3O6/c1-10(2)17-16(20)11-3-5-14(6-4-11)25-15-8-12(18(21)22)7-13(9-15)19(23)24/h3-10H,1-2H3,(H,17,20). The van der Waals surface area contributed by atoms with Gasteiger partial charge in [0.1, 0.15) is 11.5 Å². The van der Waals surface area contributed by atoms with Gasteiger partial charge in [-0.25, -0.2) is 0 Å². The molecule has 0 aromatic heterocycles. The minimum Gasteiger partial charge on any atom is -0.457 e. The molecule has 1 N–H and O–H groups in total. The summed E-state index contributed by atoms with van der Waals surface area (Å²) < 4.78 is 5.44. The first kappa shape index (κ1) is 17.9. The van der Waals surface area contributed by atoms with Crippen molar-refractivity contribution >= 4 is 17.3 Å². The van der Waals surface area contributed by atoms with Gasteiger partial charge in [0.25, 0.3) is 17.3 Å². The summed E-state index contributed by atoms with van der Waals surface area (Å²) in [7, 11) is 0. The van der Waals surface area contributed by atoms with Crippen molar-refractivity contribution in [1.82, 2.24) is 5.32 Å². The average molecular weight is 345 g/mol. The second-order valence-electron chi connectivity index (χ2n) is 5.45. The third kappa shape index (κ3) is 4.74. The van der Waals surface area contributed by atoms with Crippen LogP contribution in [0.25, 0.3) is 0 Å². The topological polar surface area (TPSA) is 125 Å². The van der Waals surface area contributed by atoms with E-state index in [0.29, 0.717) is 5.56 Å². The summed E-state index contributed by atoms with van der Waals surface area (Å²) >= 11 is 0. The minimum absolute atomic E-state index is 0.00570. The Bertz CT molecular complexity index is 785. The van der Waals surface area contributed by atoms with Crippen molar-refractivity contribution in [3.63, 3.8) is 0 Å². The SMILES string of the molecule is CC(C)NC(=O)c1ccc(Oc2cc([N+](=O)[O-])cc([N+](=O)[O-])c2)cc1. The van der Waals surface area contributed by atoms with E-state index in [9.17, 15) is 25.0 Å². The van der Waals surface area contributed by atoms with E-state index in [2.05, 4.69) is 5.32 Å². The van der Waals surface area contributed by atoms with E-state index in [1.807, 2.05) is 13.8 Å². The van der Waals surface area contributed by atoms with Gasteiger partial charge in [-0.1, -0.05) is 0 Å². The zero-order valence-electron chi connectivity index (χ0n) is 13.5. The van der Waals surface area contributed by atoms with Crippen LogP contribution in [0.5, 0.6) is 11.5 Å². The molecule has 1 amide bonds. The zero-order chi connectivity index (χ0) is 18.6. The molecule has 0 saturated heterocycles. The van der Waals surface area contributed by atoms with Crippen molar-refractivity contribution in [1.29, 1.82) is 0 Å². The molecule has 0 aliphatic rings. The van der Waals surface area contributed by atoms with Gasteiger partial charge in [0.2, 0.25) is 0 Å². The number of carbonyl (C=O) groups excluding carboxylic acids is 1. The number of nitro groups is 2. The van der Waals surface area contributed by atoms with Gasteiger partial charge in [-0.3, -0.25) is 25.0 Å². The Hall–Kier alpha value is -3.49. The Morgan fingerprint density at radius 1 is 0.960 bits per heavy atom. The number of ether oxygens (including phenoxy) is 1. The van der Waals surface area contributed by atoms with Gasteiger partial charge in [-0.05, 0) is 38.1 Å². The Balaban J connectivity index is 2.23. The van der Waals surface area contributed by atoms with Gasteiger partial charge < -0.3 is 10.1 Å². The molecular formula is C16H15N3O6. The van der Waals surface area contributed by atoms with E-state index < -0.39 is 21.2 Å². The molecule has 0 heterocycles. The third-order valence-electron chi connectivity index (χ3n) is 3.07. The van der Waals surface area contributed by atoms with Crippen molar-refractivity contribution in [3.05, 3.63) is 68.3 Å². The van der Waals surface area contributed by atoms with Crippen LogP contribution < -0.4 is 10.1 Å². The number of carbonyl (C=O) groups is 1. The average Bonchev–Trinajstić information content (AvgIpc) is 2.54. The molecule has 9 heteroatoms. The fourth-order valence-corrected chi connectivity index (χ4v) is 1.99. The summed E-state index contributed by atoms with van der Waals surface area (Å²) in [4.78, 5) is 32.1. The molecule has 0 unspecified atom stereocenters. The van der Waals surface area contributed by atoms with E-state index in [-0.39, 0.29) is 23.4 Å². The highest BCUT2D eigenvalue weighted by Gasteiger charge is 2.17. The van der Waals surface area contributed by atoms with Gasteiger partial charge in [0.05, 0.1) is 28.0 Å². The van der Waals surface area contributed by atoms with E-state index in [4.69, 9.17) is 4.74 Å². The number of benzene rings is 2. The maximum absolute atomic E-state index is 11.9. The monoisotopic (exact) mass is 345 g/mol. The molecule has 0 spiro atoms. The highest BCUT2D eigenvalue weighted by Crippen LogP contribution is 2.30. The quantitative estimate of drug-likeness (QED) is 0.631. The fourth-order valence-electron chi connectivity index (χ4n) is 1.99. The number of rotatable bonds is 6. The number of non-ortho nitro benzene ring substituents is 2. The van der Waals surface area contributed by atoms with Crippen LogP contribution in [0.3, 0.4) is 0 Å². The molecule has 130 valence electrons. The first-order valence-corrected chi connectivity index (χ1v) is 7.29. The molecule has 0 saturated carbocycles. The molecule has 2 aromatic rings. The number of nitro benzene ring substituents is 2. The molecule has 0 radical (unpaired) electrons. The van der Waals surface area contributed by atoms with Gasteiger partial charge >= 0.3 is 0 Å². The number of hydrogen-bond acceptors (Lipinski definition) is 6. The van der Waals surface area contributed by atoms with Gasteiger partial charge in [0, 0.05) is 11.6 Å². The lowest BCUT2D eigenvalue weighted by Crippen LogP contribution is -2.29. The van der Waals surface area contributed by atoms with Crippen molar-refractivity contribution in [2.24, 2.45) is 0 Å². The molecule has 0 aliphatic carbocycles. The molecule has 2 aromatic carbocycles. The largest absolute Gasteiger partial charge is 0.457 e. The van der Waals surface area contributed by atoms with Crippen LogP contribution in [0.4, 0.5) is 11.4 Å². The highest BCUT2D eigenvalue weighted by molar-refractivity contribution is 5.94. The smallest absolute Gasteiger partial charge is 0.280 e. The second kappa shape index (κ2) is 7.39. The predicted molar refractivity (Wildman–Crippen MR) is 88.9 cm³/mol.